The van der Waals surface area contributed by atoms with E-state index in [2.05, 4.69) is 64.3 Å². The number of ketones is 1. The van der Waals surface area contributed by atoms with Gasteiger partial charge in [-0.25, -0.2) is 9.69 Å². The minimum Gasteiger partial charge on any atom is -0.493 e. The van der Waals surface area contributed by atoms with E-state index in [0.29, 0.717) is 24.4 Å². The number of para-hydroxylation sites is 1. The molecule has 5 amide bonds. The Morgan fingerprint density at radius 3 is 2.11 bits per heavy atom. The number of carbonyl (C=O) groups excluding carboxylic acids is 5. The summed E-state index contributed by atoms with van der Waals surface area (Å²) < 4.78 is 6.24. The number of urea groups is 1. The molecule has 0 aromatic heterocycles. The van der Waals surface area contributed by atoms with Crippen LogP contribution in [-0.2, 0) is 30.0 Å². The number of halogens is 1. The van der Waals surface area contributed by atoms with E-state index in [-0.39, 0.29) is 33.9 Å². The van der Waals surface area contributed by atoms with Gasteiger partial charge in [-0.15, -0.1) is 0 Å². The Morgan fingerprint density at radius 1 is 0.852 bits per heavy atom. The molecule has 0 unspecified atom stereocenters. The highest BCUT2D eigenvalue weighted by atomic mass is 35.5. The van der Waals surface area contributed by atoms with Crippen LogP contribution in [0.2, 0.25) is 5.02 Å². The molecule has 10 nitrogen and oxygen atoms in total. The third-order valence-electron chi connectivity index (χ3n) is 10.5. The molecule has 1 aliphatic heterocycles. The zero-order valence-electron chi connectivity index (χ0n) is 33.3. The number of imide groups is 1. The van der Waals surface area contributed by atoms with E-state index in [1.807, 2.05) is 6.07 Å². The number of hydrogen-bond acceptors (Lipinski definition) is 6. The van der Waals surface area contributed by atoms with Crippen molar-refractivity contribution in [3.05, 3.63) is 82.9 Å². The van der Waals surface area contributed by atoms with Crippen molar-refractivity contribution in [1.29, 1.82) is 0 Å². The van der Waals surface area contributed by atoms with Crippen molar-refractivity contribution in [2.24, 2.45) is 5.41 Å². The zero-order chi connectivity index (χ0) is 40.2. The molecule has 0 bridgehead atoms. The molecule has 1 saturated heterocycles. The first-order valence-electron chi connectivity index (χ1n) is 18.7. The number of anilines is 3. The quantitative estimate of drug-likeness (QED) is 0.0905. The Hall–Kier alpha value is -4.70. The van der Waals surface area contributed by atoms with Crippen molar-refractivity contribution in [2.45, 2.75) is 118 Å². The fraction of sp³-hybridized carbons (Fsp3) is 0.465. The largest absolute Gasteiger partial charge is 0.493 e. The van der Waals surface area contributed by atoms with Gasteiger partial charge in [0.25, 0.3) is 11.8 Å². The van der Waals surface area contributed by atoms with E-state index in [9.17, 15) is 24.0 Å². The van der Waals surface area contributed by atoms with Crippen LogP contribution in [0.3, 0.4) is 0 Å². The molecule has 54 heavy (non-hydrogen) atoms. The lowest BCUT2D eigenvalue weighted by atomic mass is 9.76. The van der Waals surface area contributed by atoms with E-state index in [4.69, 9.17) is 16.3 Å². The summed E-state index contributed by atoms with van der Waals surface area (Å²) in [5.41, 5.74) is 2.21. The molecule has 4 rings (SSSR count). The van der Waals surface area contributed by atoms with Gasteiger partial charge in [0, 0.05) is 28.8 Å². The Kier molecular flexibility index (Phi) is 13.0. The molecular formula is C43H55ClN4O6. The first kappa shape index (κ1) is 42.0. The highest BCUT2D eigenvalue weighted by Crippen LogP contribution is 2.39. The van der Waals surface area contributed by atoms with E-state index in [1.165, 1.54) is 22.6 Å². The summed E-state index contributed by atoms with van der Waals surface area (Å²) in [5, 5.41) is 5.61. The zero-order valence-corrected chi connectivity index (χ0v) is 34.0. The number of benzene rings is 3. The van der Waals surface area contributed by atoms with Crippen LogP contribution in [0.25, 0.3) is 0 Å². The van der Waals surface area contributed by atoms with Crippen LogP contribution in [-0.4, -0.2) is 53.1 Å². The second-order valence-electron chi connectivity index (χ2n) is 16.3. The summed E-state index contributed by atoms with van der Waals surface area (Å²) >= 11 is 6.47. The summed E-state index contributed by atoms with van der Waals surface area (Å²) in [4.78, 5) is 70.0. The van der Waals surface area contributed by atoms with Gasteiger partial charge in [-0.1, -0.05) is 104 Å². The van der Waals surface area contributed by atoms with Gasteiger partial charge in [-0.3, -0.25) is 24.1 Å². The highest BCUT2D eigenvalue weighted by molar-refractivity contribution is 6.34. The predicted molar refractivity (Wildman–Crippen MR) is 215 cm³/mol. The number of ether oxygens (including phenoxy) is 1. The monoisotopic (exact) mass is 758 g/mol. The molecule has 0 saturated carbocycles. The number of Topliss-reactive ketones (excluding diaryl/α,β-unsaturated/α-hetero) is 1. The Balaban J connectivity index is 1.45. The van der Waals surface area contributed by atoms with Crippen LogP contribution in [0.4, 0.5) is 21.9 Å². The van der Waals surface area contributed by atoms with E-state index < -0.39 is 41.1 Å². The van der Waals surface area contributed by atoms with Gasteiger partial charge in [0.15, 0.2) is 11.8 Å². The maximum Gasteiger partial charge on any atom is 0.333 e. The fourth-order valence-corrected chi connectivity index (χ4v) is 6.32. The van der Waals surface area contributed by atoms with Crippen molar-refractivity contribution >= 4 is 58.2 Å². The molecule has 11 heteroatoms. The van der Waals surface area contributed by atoms with Crippen molar-refractivity contribution < 1.29 is 28.7 Å². The molecule has 3 aromatic carbocycles. The van der Waals surface area contributed by atoms with Crippen LogP contribution in [0.1, 0.15) is 106 Å². The Bertz CT molecular complexity index is 1880. The van der Waals surface area contributed by atoms with Gasteiger partial charge in [-0.05, 0) is 79.0 Å². The van der Waals surface area contributed by atoms with Crippen molar-refractivity contribution in [1.82, 2.24) is 4.90 Å². The summed E-state index contributed by atoms with van der Waals surface area (Å²) in [5.74, 6) is -1.66. The molecule has 2 N–H and O–H groups in total. The SMILES string of the molecule is CCC(C)(C)c1ccc(OCCCC(=O)Nc2ccc(Cl)c(NC(=O)[C@H](C(=O)C(C)(C)C)N3C(=O)[C@H](C)N(c4ccccc4)C3=O)c2)c(C(C)(C)CC)c1. The molecular weight excluding hydrogens is 704 g/mol. The van der Waals surface area contributed by atoms with Gasteiger partial charge < -0.3 is 15.4 Å². The van der Waals surface area contributed by atoms with Crippen LogP contribution in [0.5, 0.6) is 5.75 Å². The van der Waals surface area contributed by atoms with Gasteiger partial charge >= 0.3 is 6.03 Å². The Morgan fingerprint density at radius 2 is 1.50 bits per heavy atom. The molecule has 1 heterocycles. The smallest absolute Gasteiger partial charge is 0.333 e. The minimum atomic E-state index is -1.77. The highest BCUT2D eigenvalue weighted by Gasteiger charge is 2.52. The number of carbonyl (C=O) groups is 5. The van der Waals surface area contributed by atoms with Gasteiger partial charge in [0.05, 0.1) is 17.3 Å². The second-order valence-corrected chi connectivity index (χ2v) is 16.7. The molecule has 0 spiro atoms. The summed E-state index contributed by atoms with van der Waals surface area (Å²) in [6.07, 6.45) is 2.60. The molecule has 1 fully saturated rings. The molecule has 2 atom stereocenters. The second kappa shape index (κ2) is 16.8. The maximum atomic E-state index is 13.9. The number of amides is 5. The standard InChI is InChI=1S/C43H55ClN4O6/c1-11-42(7,8)28-20-23-34(31(25-28)43(9,10)12-2)54-24-16-19-35(49)45-29-21-22-32(44)33(26-29)46-38(51)36(37(50)41(4,5)6)48-39(52)27(3)47(40(48)53)30-17-14-13-15-18-30/h13-15,17-18,20-23,25-27,36H,11-12,16,19,24H2,1-10H3,(H,45,49)(H,46,51)/t27-,36-/m0/s1. The predicted octanol–water partition coefficient (Wildman–Crippen LogP) is 9.29. The van der Waals surface area contributed by atoms with Crippen LogP contribution >= 0.6 is 11.6 Å². The number of nitrogens with zero attached hydrogens (tertiary/aromatic N) is 2. The van der Waals surface area contributed by atoms with Crippen molar-refractivity contribution in [3.8, 4) is 5.75 Å². The fourth-order valence-electron chi connectivity index (χ4n) is 6.15. The topological polar surface area (TPSA) is 125 Å². The minimum absolute atomic E-state index is 0.0419. The lowest BCUT2D eigenvalue weighted by Gasteiger charge is -2.30. The van der Waals surface area contributed by atoms with Crippen LogP contribution in [0.15, 0.2) is 66.7 Å². The molecule has 0 radical (unpaired) electrons. The first-order valence-corrected chi connectivity index (χ1v) is 19.0. The van der Waals surface area contributed by atoms with Crippen LogP contribution < -0.4 is 20.3 Å². The van der Waals surface area contributed by atoms with E-state index in [1.54, 1.807) is 64.1 Å². The normalized spacial score (nSPS) is 15.6. The Labute approximate surface area is 325 Å². The molecule has 290 valence electrons. The van der Waals surface area contributed by atoms with E-state index in [0.717, 1.165) is 29.1 Å². The maximum absolute atomic E-state index is 13.9. The van der Waals surface area contributed by atoms with Crippen molar-refractivity contribution in [3.63, 3.8) is 0 Å². The lowest BCUT2D eigenvalue weighted by Crippen LogP contribution is -2.55. The summed E-state index contributed by atoms with van der Waals surface area (Å²) in [6.45, 7) is 20.0. The molecule has 3 aromatic rings. The third kappa shape index (κ3) is 9.32. The van der Waals surface area contributed by atoms with Gasteiger partial charge in [0.1, 0.15) is 11.8 Å². The van der Waals surface area contributed by atoms with Crippen LogP contribution in [0, 0.1) is 5.41 Å². The van der Waals surface area contributed by atoms with Gasteiger partial charge in [0.2, 0.25) is 5.91 Å². The van der Waals surface area contributed by atoms with Gasteiger partial charge in [-0.2, -0.15) is 0 Å². The van der Waals surface area contributed by atoms with E-state index >= 15 is 0 Å². The average molecular weight is 759 g/mol. The average Bonchev–Trinajstić information content (AvgIpc) is 3.34. The lowest BCUT2D eigenvalue weighted by molar-refractivity contribution is -0.143. The van der Waals surface area contributed by atoms with Crippen molar-refractivity contribution in [2.75, 3.05) is 22.1 Å². The summed E-state index contributed by atoms with van der Waals surface area (Å²) in [6, 6.07) is 16.1. The number of nitrogens with one attached hydrogen (secondary N) is 2. The third-order valence-corrected chi connectivity index (χ3v) is 10.8. The first-order chi connectivity index (χ1) is 25.2. The number of rotatable bonds is 15. The molecule has 1 aliphatic rings. The number of hydrogen-bond donors (Lipinski definition) is 2. The summed E-state index contributed by atoms with van der Waals surface area (Å²) in [7, 11) is 0. The molecule has 0 aliphatic carbocycles.